The summed E-state index contributed by atoms with van der Waals surface area (Å²) in [5, 5.41) is 5.72. The summed E-state index contributed by atoms with van der Waals surface area (Å²) < 4.78 is 7.71. The lowest BCUT2D eigenvalue weighted by Crippen LogP contribution is -2.45. The lowest BCUT2D eigenvalue weighted by molar-refractivity contribution is -0.0224. The first-order valence-corrected chi connectivity index (χ1v) is 9.19. The molecule has 0 aromatic carbocycles. The van der Waals surface area contributed by atoms with E-state index in [4.69, 9.17) is 4.74 Å². The van der Waals surface area contributed by atoms with Crippen LogP contribution in [0.2, 0.25) is 0 Å². The van der Waals surface area contributed by atoms with Crippen LogP contribution in [0.5, 0.6) is 0 Å². The third-order valence-corrected chi connectivity index (χ3v) is 5.37. The van der Waals surface area contributed by atoms with Crippen molar-refractivity contribution in [3.05, 3.63) is 16.6 Å². The molecule has 1 saturated heterocycles. The molecule has 1 amide bonds. The highest BCUT2D eigenvalue weighted by atomic mass is 32.1. The monoisotopic (exact) mass is 335 g/mol. The first-order chi connectivity index (χ1) is 11.0. The van der Waals surface area contributed by atoms with Crippen LogP contribution in [0.4, 0.5) is 0 Å². The van der Waals surface area contributed by atoms with Crippen molar-refractivity contribution in [1.29, 1.82) is 0 Å². The fourth-order valence-electron chi connectivity index (χ4n) is 2.99. The van der Waals surface area contributed by atoms with Crippen LogP contribution in [0.1, 0.15) is 42.6 Å². The third-order valence-electron chi connectivity index (χ3n) is 4.24. The van der Waals surface area contributed by atoms with Crippen LogP contribution in [-0.4, -0.2) is 46.4 Å². The smallest absolute Gasteiger partial charge is 0.264 e. The first kappa shape index (κ1) is 16.5. The molecule has 2 aromatic heterocycles. The maximum Gasteiger partial charge on any atom is 0.264 e. The summed E-state index contributed by atoms with van der Waals surface area (Å²) in [6, 6.07) is 2.01. The van der Waals surface area contributed by atoms with E-state index < -0.39 is 0 Å². The molecular formula is C17H25N3O2S. The van der Waals surface area contributed by atoms with E-state index in [0.717, 1.165) is 33.8 Å². The molecule has 1 fully saturated rings. The van der Waals surface area contributed by atoms with Gasteiger partial charge in [0.05, 0.1) is 23.3 Å². The molecule has 0 spiro atoms. The fraction of sp³-hybridized carbons (Fsp3) is 0.647. The van der Waals surface area contributed by atoms with Gasteiger partial charge in [0.2, 0.25) is 0 Å². The number of morpholine rings is 1. The van der Waals surface area contributed by atoms with E-state index in [1.807, 2.05) is 22.6 Å². The quantitative estimate of drug-likeness (QED) is 0.861. The molecular weight excluding hydrogens is 310 g/mol. The molecule has 1 aliphatic rings. The van der Waals surface area contributed by atoms with Crippen molar-refractivity contribution in [2.45, 2.75) is 46.8 Å². The van der Waals surface area contributed by atoms with Crippen molar-refractivity contribution in [3.63, 3.8) is 0 Å². The zero-order valence-electron chi connectivity index (χ0n) is 14.3. The normalized spacial score (nSPS) is 19.0. The molecule has 0 saturated carbocycles. The van der Waals surface area contributed by atoms with Crippen LogP contribution in [0.25, 0.3) is 10.2 Å². The Balaban J connectivity index is 1.86. The lowest BCUT2D eigenvalue weighted by Gasteiger charge is -2.32. The van der Waals surface area contributed by atoms with Crippen LogP contribution < -0.4 is 0 Å². The number of thiophene rings is 1. The molecule has 0 bridgehead atoms. The van der Waals surface area contributed by atoms with Gasteiger partial charge in [-0.1, -0.05) is 20.8 Å². The highest BCUT2D eigenvalue weighted by molar-refractivity contribution is 7.20. The van der Waals surface area contributed by atoms with Crippen molar-refractivity contribution in [2.24, 2.45) is 5.92 Å². The second kappa shape index (κ2) is 6.61. The first-order valence-electron chi connectivity index (χ1n) is 8.37. The number of hydrogen-bond acceptors (Lipinski definition) is 4. The number of aromatic nitrogens is 2. The fourth-order valence-corrected chi connectivity index (χ4v) is 4.13. The Labute approximate surface area is 141 Å². The summed E-state index contributed by atoms with van der Waals surface area (Å²) in [6.45, 7) is 11.4. The van der Waals surface area contributed by atoms with Gasteiger partial charge in [-0.15, -0.1) is 11.3 Å². The molecule has 23 heavy (non-hydrogen) atoms. The number of ether oxygens (including phenoxy) is 1. The van der Waals surface area contributed by atoms with E-state index in [0.29, 0.717) is 25.6 Å². The number of carbonyl (C=O) groups excluding carboxylic acids is 1. The molecule has 5 nitrogen and oxygen atoms in total. The number of nitrogens with zero attached hydrogens (tertiary/aromatic N) is 3. The summed E-state index contributed by atoms with van der Waals surface area (Å²) >= 11 is 1.57. The number of carbonyl (C=O) groups is 1. The molecule has 3 rings (SSSR count). The second-order valence-corrected chi connectivity index (χ2v) is 7.67. The van der Waals surface area contributed by atoms with Gasteiger partial charge in [-0.2, -0.15) is 5.10 Å². The van der Waals surface area contributed by atoms with Gasteiger partial charge >= 0.3 is 0 Å². The van der Waals surface area contributed by atoms with Crippen LogP contribution in [-0.2, 0) is 11.3 Å². The Morgan fingerprint density at radius 1 is 1.52 bits per heavy atom. The van der Waals surface area contributed by atoms with Crippen molar-refractivity contribution in [1.82, 2.24) is 14.7 Å². The maximum atomic E-state index is 12.8. The van der Waals surface area contributed by atoms with Gasteiger partial charge in [-0.25, -0.2) is 0 Å². The molecule has 3 heterocycles. The number of rotatable bonds is 4. The molecule has 0 aliphatic carbocycles. The van der Waals surface area contributed by atoms with E-state index in [1.54, 1.807) is 11.3 Å². The molecule has 126 valence electrons. The molecule has 1 unspecified atom stereocenters. The SMILES string of the molecule is CCC1CN(C(=O)c2cc3c(C)nn(CC(C)C)c3s2)CCO1. The Hall–Kier alpha value is -1.40. The van der Waals surface area contributed by atoms with Crippen molar-refractivity contribution in [3.8, 4) is 0 Å². The van der Waals surface area contributed by atoms with Crippen LogP contribution in [0.3, 0.4) is 0 Å². The Morgan fingerprint density at radius 3 is 3.00 bits per heavy atom. The Bertz CT molecular complexity index is 704. The van der Waals surface area contributed by atoms with Gasteiger partial charge in [0, 0.05) is 25.0 Å². The average Bonchev–Trinajstić information content (AvgIpc) is 3.08. The van der Waals surface area contributed by atoms with E-state index in [2.05, 4.69) is 25.9 Å². The average molecular weight is 335 g/mol. The lowest BCUT2D eigenvalue weighted by atomic mass is 10.2. The summed E-state index contributed by atoms with van der Waals surface area (Å²) in [6.07, 6.45) is 1.11. The van der Waals surface area contributed by atoms with Crippen LogP contribution in [0.15, 0.2) is 6.07 Å². The summed E-state index contributed by atoms with van der Waals surface area (Å²) in [4.78, 5) is 16.7. The van der Waals surface area contributed by atoms with Gasteiger partial charge < -0.3 is 9.64 Å². The minimum absolute atomic E-state index is 0.128. The van der Waals surface area contributed by atoms with Crippen molar-refractivity contribution < 1.29 is 9.53 Å². The predicted octanol–water partition coefficient (Wildman–Crippen LogP) is 3.31. The summed E-state index contributed by atoms with van der Waals surface area (Å²) in [7, 11) is 0. The van der Waals surface area contributed by atoms with E-state index in [-0.39, 0.29) is 12.0 Å². The highest BCUT2D eigenvalue weighted by Crippen LogP contribution is 2.30. The standard InChI is InChI=1S/C17H25N3O2S/c1-5-13-10-19(6-7-22-13)16(21)15-8-14-12(4)18-20(9-11(2)3)17(14)23-15/h8,11,13H,5-7,9-10H2,1-4H3. The number of amides is 1. The Morgan fingerprint density at radius 2 is 2.30 bits per heavy atom. The largest absolute Gasteiger partial charge is 0.375 e. The minimum Gasteiger partial charge on any atom is -0.375 e. The van der Waals surface area contributed by atoms with E-state index in [9.17, 15) is 4.79 Å². The predicted molar refractivity (Wildman–Crippen MR) is 93.1 cm³/mol. The van der Waals surface area contributed by atoms with E-state index in [1.165, 1.54) is 0 Å². The second-order valence-electron chi connectivity index (χ2n) is 6.64. The minimum atomic E-state index is 0.128. The van der Waals surface area contributed by atoms with Gasteiger partial charge in [0.15, 0.2) is 0 Å². The number of hydrogen-bond donors (Lipinski definition) is 0. The molecule has 0 radical (unpaired) electrons. The zero-order valence-corrected chi connectivity index (χ0v) is 15.2. The molecule has 6 heteroatoms. The molecule has 0 N–H and O–H groups in total. The van der Waals surface area contributed by atoms with Crippen LogP contribution in [0, 0.1) is 12.8 Å². The number of aryl methyl sites for hydroxylation is 1. The van der Waals surface area contributed by atoms with Gasteiger partial charge in [0.1, 0.15) is 4.83 Å². The van der Waals surface area contributed by atoms with Gasteiger partial charge in [0.25, 0.3) is 5.91 Å². The van der Waals surface area contributed by atoms with Gasteiger partial charge in [-0.05, 0) is 25.3 Å². The Kier molecular flexibility index (Phi) is 4.73. The van der Waals surface area contributed by atoms with E-state index >= 15 is 0 Å². The van der Waals surface area contributed by atoms with Crippen molar-refractivity contribution in [2.75, 3.05) is 19.7 Å². The van der Waals surface area contributed by atoms with Crippen LogP contribution >= 0.6 is 11.3 Å². The molecule has 2 aromatic rings. The maximum absolute atomic E-state index is 12.8. The summed E-state index contributed by atoms with van der Waals surface area (Å²) in [5.41, 5.74) is 1.00. The topological polar surface area (TPSA) is 47.4 Å². The summed E-state index contributed by atoms with van der Waals surface area (Å²) in [5.74, 6) is 0.659. The third kappa shape index (κ3) is 3.28. The number of fused-ring (bicyclic) bond motifs is 1. The molecule has 1 aliphatic heterocycles. The van der Waals surface area contributed by atoms with Gasteiger partial charge in [-0.3, -0.25) is 9.48 Å². The zero-order chi connectivity index (χ0) is 16.6. The molecule has 1 atom stereocenters. The van der Waals surface area contributed by atoms with Crippen molar-refractivity contribution >= 4 is 27.5 Å². The highest BCUT2D eigenvalue weighted by Gasteiger charge is 2.26.